The van der Waals surface area contributed by atoms with E-state index in [9.17, 15) is 9.59 Å². The maximum Gasteiger partial charge on any atom is 0.310 e. The fourth-order valence-corrected chi connectivity index (χ4v) is 3.17. The van der Waals surface area contributed by atoms with Crippen LogP contribution in [-0.2, 0) is 16.0 Å². The Labute approximate surface area is 169 Å². The highest BCUT2D eigenvalue weighted by molar-refractivity contribution is 5.99. The van der Waals surface area contributed by atoms with E-state index in [-0.39, 0.29) is 18.8 Å². The van der Waals surface area contributed by atoms with Crippen LogP contribution in [0.25, 0.3) is 5.82 Å². The summed E-state index contributed by atoms with van der Waals surface area (Å²) in [5.41, 5.74) is 2.87. The Morgan fingerprint density at radius 3 is 2.45 bits per heavy atom. The highest BCUT2D eigenvalue weighted by atomic mass is 16.5. The van der Waals surface area contributed by atoms with Gasteiger partial charge in [0.15, 0.2) is 12.4 Å². The third-order valence-corrected chi connectivity index (χ3v) is 4.52. The summed E-state index contributed by atoms with van der Waals surface area (Å²) in [6, 6.07) is 10.8. The number of hydrogen-bond donors (Lipinski definition) is 0. The number of ketones is 1. The molecule has 3 aromatic rings. The third-order valence-electron chi connectivity index (χ3n) is 4.52. The third kappa shape index (κ3) is 4.74. The molecule has 0 unspecified atom stereocenters. The lowest BCUT2D eigenvalue weighted by Gasteiger charge is -2.07. The zero-order valence-corrected chi connectivity index (χ0v) is 17.0. The topological polar surface area (TPSA) is 83.6 Å². The molecule has 0 saturated heterocycles. The van der Waals surface area contributed by atoms with Crippen molar-refractivity contribution in [1.29, 1.82) is 0 Å². The number of aryl methyl sites for hydroxylation is 2. The zero-order valence-electron chi connectivity index (χ0n) is 17.0. The van der Waals surface area contributed by atoms with Gasteiger partial charge in [0.05, 0.1) is 13.0 Å². The molecule has 0 aliphatic carbocycles. The number of hydrogen-bond acceptors (Lipinski definition) is 6. The van der Waals surface area contributed by atoms with Crippen molar-refractivity contribution in [3.63, 3.8) is 0 Å². The minimum absolute atomic E-state index is 0.0942. The summed E-state index contributed by atoms with van der Waals surface area (Å²) in [6.07, 6.45) is 0.0942. The normalized spacial score (nSPS) is 10.8. The average Bonchev–Trinajstić information content (AvgIpc) is 3.24. The quantitative estimate of drug-likeness (QED) is 0.426. The highest BCUT2D eigenvalue weighted by Gasteiger charge is 2.19. The Bertz CT molecular complexity index is 1010. The zero-order chi connectivity index (χ0) is 21.0. The Morgan fingerprint density at radius 2 is 1.83 bits per heavy atom. The summed E-state index contributed by atoms with van der Waals surface area (Å²) in [5.74, 6) is 1.33. The van der Waals surface area contributed by atoms with Crippen molar-refractivity contribution in [1.82, 2.24) is 9.72 Å². The summed E-state index contributed by atoms with van der Waals surface area (Å²) >= 11 is 0. The van der Waals surface area contributed by atoms with Gasteiger partial charge < -0.3 is 14.0 Å². The van der Waals surface area contributed by atoms with Gasteiger partial charge in [-0.25, -0.2) is 0 Å². The first-order valence-electron chi connectivity index (χ1n) is 9.42. The van der Waals surface area contributed by atoms with Crippen LogP contribution in [0, 0.1) is 20.8 Å². The monoisotopic (exact) mass is 396 g/mol. The van der Waals surface area contributed by atoms with Gasteiger partial charge in [-0.15, -0.1) is 0 Å². The van der Waals surface area contributed by atoms with E-state index in [1.807, 2.05) is 37.5 Å². The van der Waals surface area contributed by atoms with E-state index in [1.165, 1.54) is 0 Å². The van der Waals surface area contributed by atoms with Crippen LogP contribution >= 0.6 is 0 Å². The van der Waals surface area contributed by atoms with Gasteiger partial charge in [0, 0.05) is 23.0 Å². The van der Waals surface area contributed by atoms with Gasteiger partial charge in [0.1, 0.15) is 11.5 Å². The molecule has 2 aromatic heterocycles. The number of carbonyl (C=O) groups is 2. The first kappa shape index (κ1) is 20.4. The second kappa shape index (κ2) is 8.77. The predicted molar refractivity (Wildman–Crippen MR) is 107 cm³/mol. The Kier molecular flexibility index (Phi) is 6.16. The number of nitrogens with zero attached hydrogens (tertiary/aromatic N) is 2. The number of benzene rings is 1. The molecule has 0 N–H and O–H groups in total. The van der Waals surface area contributed by atoms with Gasteiger partial charge in [-0.1, -0.05) is 17.3 Å². The van der Waals surface area contributed by atoms with Crippen LogP contribution < -0.4 is 4.74 Å². The fraction of sp³-hybridized carbons (Fsp3) is 0.318. The molecule has 0 aliphatic rings. The number of ether oxygens (including phenoxy) is 2. The van der Waals surface area contributed by atoms with Crippen LogP contribution in [0.1, 0.15) is 40.0 Å². The Balaban J connectivity index is 1.61. The average molecular weight is 396 g/mol. The van der Waals surface area contributed by atoms with Crippen molar-refractivity contribution in [3.05, 3.63) is 64.7 Å². The molecule has 1 aromatic carbocycles. The van der Waals surface area contributed by atoms with E-state index in [0.29, 0.717) is 23.7 Å². The predicted octanol–water partition coefficient (Wildman–Crippen LogP) is 3.76. The van der Waals surface area contributed by atoms with E-state index in [0.717, 1.165) is 22.7 Å². The van der Waals surface area contributed by atoms with Crippen molar-refractivity contribution in [3.8, 4) is 11.6 Å². The molecule has 0 amide bonds. The molecule has 7 nitrogen and oxygen atoms in total. The van der Waals surface area contributed by atoms with Crippen molar-refractivity contribution in [2.24, 2.45) is 0 Å². The Morgan fingerprint density at radius 1 is 1.10 bits per heavy atom. The molecule has 7 heteroatoms. The molecule has 0 atom stereocenters. The maximum absolute atomic E-state index is 12.6. The lowest BCUT2D eigenvalue weighted by molar-refractivity contribution is -0.141. The second-order valence-electron chi connectivity index (χ2n) is 6.75. The van der Waals surface area contributed by atoms with Crippen molar-refractivity contribution in [2.75, 3.05) is 13.2 Å². The number of carbonyl (C=O) groups excluding carboxylic acids is 2. The van der Waals surface area contributed by atoms with E-state index in [4.69, 9.17) is 14.0 Å². The van der Waals surface area contributed by atoms with Crippen LogP contribution in [0.2, 0.25) is 0 Å². The van der Waals surface area contributed by atoms with Crippen LogP contribution in [-0.4, -0.2) is 34.7 Å². The lowest BCUT2D eigenvalue weighted by Crippen LogP contribution is -2.16. The summed E-state index contributed by atoms with van der Waals surface area (Å²) in [4.78, 5) is 24.7. The molecule has 0 spiro atoms. The van der Waals surface area contributed by atoms with E-state index in [1.54, 1.807) is 31.2 Å². The Hall–Kier alpha value is -3.35. The van der Waals surface area contributed by atoms with Crippen molar-refractivity contribution >= 4 is 11.8 Å². The molecular weight excluding hydrogens is 372 g/mol. The van der Waals surface area contributed by atoms with Gasteiger partial charge in [-0.3, -0.25) is 14.2 Å². The van der Waals surface area contributed by atoms with Crippen LogP contribution in [0.3, 0.4) is 0 Å². The SMILES string of the molecule is CCOc1ccc(CC(=O)OCC(=O)c2cc(C)n(-c3cc(C)on3)c2C)cc1. The minimum atomic E-state index is -0.455. The summed E-state index contributed by atoms with van der Waals surface area (Å²) in [7, 11) is 0. The molecule has 0 saturated carbocycles. The fourth-order valence-electron chi connectivity index (χ4n) is 3.17. The van der Waals surface area contributed by atoms with Gasteiger partial charge >= 0.3 is 5.97 Å². The molecule has 152 valence electrons. The molecule has 0 aliphatic heterocycles. The maximum atomic E-state index is 12.6. The standard InChI is InChI=1S/C22H24N2O5/c1-5-27-18-8-6-17(7-9-18)12-22(26)28-13-20(25)19-10-14(2)24(16(19)4)21-11-15(3)29-23-21/h6-11H,5,12-13H2,1-4H3. The molecule has 0 bridgehead atoms. The number of aromatic nitrogens is 2. The second-order valence-corrected chi connectivity index (χ2v) is 6.75. The van der Waals surface area contributed by atoms with E-state index in [2.05, 4.69) is 5.16 Å². The van der Waals surface area contributed by atoms with Crippen LogP contribution in [0.4, 0.5) is 0 Å². The molecule has 3 rings (SSSR count). The van der Waals surface area contributed by atoms with E-state index < -0.39 is 5.97 Å². The van der Waals surface area contributed by atoms with Gasteiger partial charge in [-0.05, 0) is 51.5 Å². The van der Waals surface area contributed by atoms with Gasteiger partial charge in [0.2, 0.25) is 5.78 Å². The van der Waals surface area contributed by atoms with E-state index >= 15 is 0 Å². The molecule has 29 heavy (non-hydrogen) atoms. The summed E-state index contributed by atoms with van der Waals surface area (Å²) in [6.45, 7) is 7.70. The lowest BCUT2D eigenvalue weighted by atomic mass is 10.1. The van der Waals surface area contributed by atoms with Crippen molar-refractivity contribution < 1.29 is 23.6 Å². The smallest absolute Gasteiger partial charge is 0.310 e. The van der Waals surface area contributed by atoms with Gasteiger partial charge in [0.25, 0.3) is 0 Å². The first-order chi connectivity index (χ1) is 13.9. The first-order valence-corrected chi connectivity index (χ1v) is 9.42. The highest BCUT2D eigenvalue weighted by Crippen LogP contribution is 2.21. The van der Waals surface area contributed by atoms with Crippen molar-refractivity contribution in [2.45, 2.75) is 34.1 Å². The molecule has 0 radical (unpaired) electrons. The molecule has 0 fully saturated rings. The van der Waals surface area contributed by atoms with Crippen LogP contribution in [0.5, 0.6) is 5.75 Å². The minimum Gasteiger partial charge on any atom is -0.494 e. The summed E-state index contributed by atoms with van der Waals surface area (Å²) in [5, 5.41) is 4.00. The largest absolute Gasteiger partial charge is 0.494 e. The van der Waals surface area contributed by atoms with Gasteiger partial charge in [-0.2, -0.15) is 0 Å². The molecular formula is C22H24N2O5. The number of Topliss-reactive ketones (excluding diaryl/α,β-unsaturated/α-hetero) is 1. The van der Waals surface area contributed by atoms with Crippen LogP contribution in [0.15, 0.2) is 40.9 Å². The number of esters is 1. The summed E-state index contributed by atoms with van der Waals surface area (Å²) < 4.78 is 17.5. The molecule has 2 heterocycles. The number of rotatable bonds is 8.